The Morgan fingerprint density at radius 1 is 1.25 bits per heavy atom. The predicted octanol–water partition coefficient (Wildman–Crippen LogP) is 4.04. The first-order valence-corrected chi connectivity index (χ1v) is 5.59. The van der Waals surface area contributed by atoms with E-state index in [4.69, 9.17) is 0 Å². The zero-order valence-electron chi connectivity index (χ0n) is 8.67. The van der Waals surface area contributed by atoms with Gasteiger partial charge in [0.25, 0.3) is 0 Å². The van der Waals surface area contributed by atoms with Crippen molar-refractivity contribution in [1.29, 1.82) is 0 Å². The highest BCUT2D eigenvalue weighted by atomic mass is 79.9. The number of nitrogens with zero attached hydrogens (tertiary/aromatic N) is 1. The summed E-state index contributed by atoms with van der Waals surface area (Å²) in [4.78, 5) is 3.94. The molecule has 1 heterocycles. The van der Waals surface area contributed by atoms with Gasteiger partial charge in [0.1, 0.15) is 5.82 Å². The molecule has 0 bridgehead atoms. The van der Waals surface area contributed by atoms with Crippen LogP contribution in [0.25, 0.3) is 0 Å². The molecule has 2 nitrogen and oxygen atoms in total. The highest BCUT2D eigenvalue weighted by Crippen LogP contribution is 2.26. The van der Waals surface area contributed by atoms with Gasteiger partial charge in [0.2, 0.25) is 0 Å². The van der Waals surface area contributed by atoms with Gasteiger partial charge >= 0.3 is 0 Å². The van der Waals surface area contributed by atoms with E-state index in [0.29, 0.717) is 5.69 Å². The van der Waals surface area contributed by atoms with E-state index in [0.717, 1.165) is 15.7 Å². The first kappa shape index (κ1) is 11.1. The number of pyridine rings is 1. The Morgan fingerprint density at radius 2 is 2.06 bits per heavy atom. The second-order valence-corrected chi connectivity index (χ2v) is 4.32. The third-order valence-electron chi connectivity index (χ3n) is 2.17. The maximum absolute atomic E-state index is 13.6. The van der Waals surface area contributed by atoms with Crippen molar-refractivity contribution in [3.8, 4) is 0 Å². The second kappa shape index (κ2) is 4.61. The summed E-state index contributed by atoms with van der Waals surface area (Å²) < 4.78 is 14.4. The molecule has 0 aliphatic rings. The molecule has 1 aromatic heterocycles. The molecule has 2 rings (SSSR count). The minimum Gasteiger partial charge on any atom is -0.352 e. The summed E-state index contributed by atoms with van der Waals surface area (Å²) in [6.45, 7) is 1.86. The van der Waals surface area contributed by atoms with Crippen LogP contribution >= 0.6 is 15.9 Å². The van der Waals surface area contributed by atoms with Crippen molar-refractivity contribution in [2.45, 2.75) is 6.92 Å². The van der Waals surface area contributed by atoms with Crippen LogP contribution in [0.2, 0.25) is 0 Å². The molecule has 0 unspecified atom stereocenters. The van der Waals surface area contributed by atoms with Crippen molar-refractivity contribution in [1.82, 2.24) is 4.98 Å². The summed E-state index contributed by atoms with van der Waals surface area (Å²) in [5.74, 6) is -0.260. The van der Waals surface area contributed by atoms with Gasteiger partial charge in [-0.3, -0.25) is 4.98 Å². The lowest BCUT2D eigenvalue weighted by molar-refractivity contribution is 0.630. The fraction of sp³-hybridized carbons (Fsp3) is 0.0833. The topological polar surface area (TPSA) is 24.9 Å². The molecule has 0 aliphatic heterocycles. The third-order valence-corrected chi connectivity index (χ3v) is 2.80. The summed E-state index contributed by atoms with van der Waals surface area (Å²) in [5.41, 5.74) is 2.15. The maximum Gasteiger partial charge on any atom is 0.146 e. The molecule has 1 aromatic carbocycles. The highest BCUT2D eigenvalue weighted by Gasteiger charge is 2.04. The quantitative estimate of drug-likeness (QED) is 0.898. The fourth-order valence-electron chi connectivity index (χ4n) is 1.34. The van der Waals surface area contributed by atoms with Gasteiger partial charge in [0.05, 0.1) is 15.8 Å². The smallest absolute Gasteiger partial charge is 0.146 e. The van der Waals surface area contributed by atoms with Gasteiger partial charge in [0.15, 0.2) is 0 Å². The number of rotatable bonds is 2. The minimum absolute atomic E-state index is 0.260. The van der Waals surface area contributed by atoms with Gasteiger partial charge in [-0.05, 0) is 46.6 Å². The molecule has 4 heteroatoms. The van der Waals surface area contributed by atoms with Crippen molar-refractivity contribution >= 4 is 27.3 Å². The minimum atomic E-state index is -0.260. The van der Waals surface area contributed by atoms with Gasteiger partial charge < -0.3 is 5.32 Å². The summed E-state index contributed by atoms with van der Waals surface area (Å²) in [5, 5.41) is 3.01. The van der Waals surface area contributed by atoms with E-state index >= 15 is 0 Å². The lowest BCUT2D eigenvalue weighted by Crippen LogP contribution is -1.95. The van der Waals surface area contributed by atoms with Crippen LogP contribution in [0.5, 0.6) is 0 Å². The number of aryl methyl sites for hydroxylation is 1. The normalized spacial score (nSPS) is 10.2. The van der Waals surface area contributed by atoms with Gasteiger partial charge in [-0.1, -0.05) is 6.07 Å². The number of halogens is 2. The molecule has 16 heavy (non-hydrogen) atoms. The first-order valence-electron chi connectivity index (χ1n) is 4.79. The Hall–Kier alpha value is -1.42. The van der Waals surface area contributed by atoms with E-state index < -0.39 is 0 Å². The fourth-order valence-corrected chi connectivity index (χ4v) is 1.69. The highest BCUT2D eigenvalue weighted by molar-refractivity contribution is 9.10. The number of nitrogens with one attached hydrogen (secondary N) is 1. The van der Waals surface area contributed by atoms with Crippen molar-refractivity contribution in [2.24, 2.45) is 0 Å². The standard InChI is InChI=1S/C12H10BrFN2/c1-8-2-3-12(10(14)6-8)16-11-4-5-15-7-9(11)13/h2-7H,1H3,(H,15,16). The van der Waals surface area contributed by atoms with E-state index in [-0.39, 0.29) is 5.82 Å². The Bertz CT molecular complexity index is 514. The average molecular weight is 281 g/mol. The number of anilines is 2. The summed E-state index contributed by atoms with van der Waals surface area (Å²) in [6, 6.07) is 6.86. The van der Waals surface area contributed by atoms with Crippen LogP contribution in [0.3, 0.4) is 0 Å². The number of hydrogen-bond acceptors (Lipinski definition) is 2. The molecule has 1 N–H and O–H groups in total. The summed E-state index contributed by atoms with van der Waals surface area (Å²) in [7, 11) is 0. The van der Waals surface area contributed by atoms with Crippen molar-refractivity contribution in [3.63, 3.8) is 0 Å². The van der Waals surface area contributed by atoms with E-state index in [9.17, 15) is 4.39 Å². The van der Waals surface area contributed by atoms with Crippen LogP contribution in [0.4, 0.5) is 15.8 Å². The average Bonchev–Trinajstić information content (AvgIpc) is 2.25. The number of benzene rings is 1. The molecule has 0 aliphatic carbocycles. The molecule has 0 spiro atoms. The summed E-state index contributed by atoms with van der Waals surface area (Å²) in [6.07, 6.45) is 3.31. The lowest BCUT2D eigenvalue weighted by Gasteiger charge is -2.09. The molecule has 0 saturated carbocycles. The van der Waals surface area contributed by atoms with Crippen LogP contribution in [0.1, 0.15) is 5.56 Å². The molecule has 0 amide bonds. The molecule has 0 saturated heterocycles. The Morgan fingerprint density at radius 3 is 2.75 bits per heavy atom. The SMILES string of the molecule is Cc1ccc(Nc2ccncc2Br)c(F)c1. The van der Waals surface area contributed by atoms with Gasteiger partial charge in [-0.15, -0.1) is 0 Å². The molecule has 0 fully saturated rings. The largest absolute Gasteiger partial charge is 0.352 e. The van der Waals surface area contributed by atoms with Crippen LogP contribution in [0, 0.1) is 12.7 Å². The van der Waals surface area contributed by atoms with E-state index in [1.165, 1.54) is 6.07 Å². The molecule has 2 aromatic rings. The van der Waals surface area contributed by atoms with Gasteiger partial charge in [-0.25, -0.2) is 4.39 Å². The van der Waals surface area contributed by atoms with Crippen molar-refractivity contribution in [3.05, 3.63) is 52.5 Å². The Labute approximate surface area is 102 Å². The zero-order chi connectivity index (χ0) is 11.5. The van der Waals surface area contributed by atoms with Crippen molar-refractivity contribution in [2.75, 3.05) is 5.32 Å². The number of hydrogen-bond donors (Lipinski definition) is 1. The van der Waals surface area contributed by atoms with Gasteiger partial charge in [-0.2, -0.15) is 0 Å². The number of aromatic nitrogens is 1. The monoisotopic (exact) mass is 280 g/mol. The third kappa shape index (κ3) is 2.39. The Balaban J connectivity index is 2.31. The maximum atomic E-state index is 13.6. The molecular weight excluding hydrogens is 271 g/mol. The second-order valence-electron chi connectivity index (χ2n) is 3.46. The van der Waals surface area contributed by atoms with Crippen LogP contribution < -0.4 is 5.32 Å². The van der Waals surface area contributed by atoms with Crippen LogP contribution in [0.15, 0.2) is 41.1 Å². The van der Waals surface area contributed by atoms with E-state index in [1.54, 1.807) is 24.5 Å². The van der Waals surface area contributed by atoms with E-state index in [1.807, 2.05) is 13.0 Å². The molecule has 0 atom stereocenters. The summed E-state index contributed by atoms with van der Waals surface area (Å²) >= 11 is 3.35. The zero-order valence-corrected chi connectivity index (χ0v) is 10.3. The molecule has 0 radical (unpaired) electrons. The predicted molar refractivity (Wildman–Crippen MR) is 66.4 cm³/mol. The lowest BCUT2D eigenvalue weighted by atomic mass is 10.2. The first-order chi connectivity index (χ1) is 7.66. The Kier molecular flexibility index (Phi) is 3.19. The van der Waals surface area contributed by atoms with E-state index in [2.05, 4.69) is 26.2 Å². The van der Waals surface area contributed by atoms with Crippen molar-refractivity contribution < 1.29 is 4.39 Å². The van der Waals surface area contributed by atoms with Crippen LogP contribution in [-0.4, -0.2) is 4.98 Å². The van der Waals surface area contributed by atoms with Crippen LogP contribution in [-0.2, 0) is 0 Å². The van der Waals surface area contributed by atoms with Gasteiger partial charge in [0, 0.05) is 12.4 Å². The molecular formula is C12H10BrFN2. The molecule has 82 valence electrons.